The summed E-state index contributed by atoms with van der Waals surface area (Å²) in [5.41, 5.74) is 1.07. The van der Waals surface area contributed by atoms with Gasteiger partial charge in [-0.05, 0) is 36.4 Å². The molecular formula is C21H25FN2O4. The molecule has 0 bridgehead atoms. The molecule has 0 spiro atoms. The number of carbonyl (C=O) groups is 1. The van der Waals surface area contributed by atoms with Gasteiger partial charge in [-0.25, -0.2) is 9.18 Å². The maximum Gasteiger partial charge on any atom is 0.337 e. The molecule has 0 saturated carbocycles. The average Bonchev–Trinajstić information content (AvgIpc) is 2.73. The zero-order chi connectivity index (χ0) is 19.9. The number of aliphatic hydroxyl groups is 1. The summed E-state index contributed by atoms with van der Waals surface area (Å²) in [4.78, 5) is 15.6. The second-order valence-corrected chi connectivity index (χ2v) is 6.72. The van der Waals surface area contributed by atoms with Gasteiger partial charge in [0.1, 0.15) is 24.3 Å². The van der Waals surface area contributed by atoms with Crippen molar-refractivity contribution in [1.82, 2.24) is 4.90 Å². The van der Waals surface area contributed by atoms with E-state index in [4.69, 9.17) is 4.74 Å². The first-order valence-electron chi connectivity index (χ1n) is 9.28. The van der Waals surface area contributed by atoms with Crippen LogP contribution in [0.4, 0.5) is 10.1 Å². The highest BCUT2D eigenvalue weighted by Crippen LogP contribution is 2.20. The van der Waals surface area contributed by atoms with Gasteiger partial charge in [-0.3, -0.25) is 4.90 Å². The Morgan fingerprint density at radius 1 is 1.11 bits per heavy atom. The van der Waals surface area contributed by atoms with Crippen LogP contribution < -0.4 is 9.64 Å². The lowest BCUT2D eigenvalue weighted by Gasteiger charge is -2.36. The first-order chi connectivity index (χ1) is 13.6. The fourth-order valence-electron chi connectivity index (χ4n) is 3.23. The molecular weight excluding hydrogens is 363 g/mol. The molecule has 1 heterocycles. The third-order valence-electron chi connectivity index (χ3n) is 4.75. The number of rotatable bonds is 7. The lowest BCUT2D eigenvalue weighted by Crippen LogP contribution is -2.49. The molecule has 1 aliphatic rings. The van der Waals surface area contributed by atoms with E-state index in [-0.39, 0.29) is 12.4 Å². The van der Waals surface area contributed by atoms with Gasteiger partial charge in [0, 0.05) is 32.7 Å². The predicted octanol–water partition coefficient (Wildman–Crippen LogP) is 2.17. The largest absolute Gasteiger partial charge is 0.491 e. The number of methoxy groups -OCH3 is 1. The second-order valence-electron chi connectivity index (χ2n) is 6.72. The molecule has 1 aliphatic heterocycles. The molecule has 1 unspecified atom stereocenters. The number of carbonyl (C=O) groups excluding carboxylic acids is 1. The summed E-state index contributed by atoms with van der Waals surface area (Å²) in [5, 5.41) is 10.3. The number of esters is 1. The Morgan fingerprint density at radius 2 is 1.79 bits per heavy atom. The Kier molecular flexibility index (Phi) is 6.84. The quantitative estimate of drug-likeness (QED) is 0.734. The van der Waals surface area contributed by atoms with E-state index in [2.05, 4.69) is 9.64 Å². The molecule has 1 atom stereocenters. The summed E-state index contributed by atoms with van der Waals surface area (Å²) >= 11 is 0. The highest BCUT2D eigenvalue weighted by molar-refractivity contribution is 5.89. The van der Waals surface area contributed by atoms with Crippen LogP contribution in [0.3, 0.4) is 0 Å². The average molecular weight is 388 g/mol. The Balaban J connectivity index is 1.41. The Labute approximate surface area is 164 Å². The van der Waals surface area contributed by atoms with Gasteiger partial charge in [-0.15, -0.1) is 0 Å². The molecule has 0 amide bonds. The molecule has 1 N–H and O–H groups in total. The standard InChI is InChI=1S/C21H25FN2O4/c1-27-21(26)16-6-8-18(9-7-16)28-15-17(25)14-23-10-12-24(13-11-23)20-5-3-2-4-19(20)22/h2-9,17,25H,10-15H2,1H3. The van der Waals surface area contributed by atoms with E-state index in [1.54, 1.807) is 36.4 Å². The van der Waals surface area contributed by atoms with Gasteiger partial charge in [0.25, 0.3) is 0 Å². The zero-order valence-corrected chi connectivity index (χ0v) is 15.9. The lowest BCUT2D eigenvalue weighted by molar-refractivity contribution is 0.0599. The van der Waals surface area contributed by atoms with Gasteiger partial charge in [-0.1, -0.05) is 12.1 Å². The van der Waals surface area contributed by atoms with Crippen molar-refractivity contribution < 1.29 is 23.8 Å². The first kappa shape index (κ1) is 20.1. The Morgan fingerprint density at radius 3 is 2.43 bits per heavy atom. The van der Waals surface area contributed by atoms with Crippen LogP contribution in [-0.2, 0) is 4.74 Å². The van der Waals surface area contributed by atoms with Gasteiger partial charge in [0.15, 0.2) is 0 Å². The molecule has 7 heteroatoms. The van der Waals surface area contributed by atoms with Crippen LogP contribution in [-0.4, -0.2) is 68.5 Å². The van der Waals surface area contributed by atoms with Gasteiger partial charge in [0.05, 0.1) is 18.4 Å². The maximum absolute atomic E-state index is 13.9. The molecule has 0 radical (unpaired) electrons. The van der Waals surface area contributed by atoms with E-state index < -0.39 is 12.1 Å². The summed E-state index contributed by atoms with van der Waals surface area (Å²) in [5.74, 6) is -0.0280. The number of nitrogens with zero attached hydrogens (tertiary/aromatic N) is 2. The van der Waals surface area contributed by atoms with Crippen molar-refractivity contribution in [3.8, 4) is 5.75 Å². The summed E-state index contributed by atoms with van der Waals surface area (Å²) in [6.45, 7) is 3.57. The number of ether oxygens (including phenoxy) is 2. The summed E-state index contributed by atoms with van der Waals surface area (Å²) < 4.78 is 24.1. The number of piperazine rings is 1. The van der Waals surface area contributed by atoms with Gasteiger partial charge < -0.3 is 19.5 Å². The molecule has 2 aromatic carbocycles. The van der Waals surface area contributed by atoms with Crippen LogP contribution >= 0.6 is 0 Å². The van der Waals surface area contributed by atoms with E-state index in [1.165, 1.54) is 13.2 Å². The minimum Gasteiger partial charge on any atom is -0.491 e. The Bertz CT molecular complexity index is 776. The van der Waals surface area contributed by atoms with Crippen LogP contribution in [0.5, 0.6) is 5.75 Å². The van der Waals surface area contributed by atoms with Crippen molar-refractivity contribution in [2.45, 2.75) is 6.10 Å². The second kappa shape index (κ2) is 9.52. The van der Waals surface area contributed by atoms with Crippen molar-refractivity contribution in [2.75, 3.05) is 51.3 Å². The summed E-state index contributed by atoms with van der Waals surface area (Å²) in [7, 11) is 1.33. The lowest BCUT2D eigenvalue weighted by atomic mass is 10.2. The molecule has 1 saturated heterocycles. The number of para-hydroxylation sites is 1. The monoisotopic (exact) mass is 388 g/mol. The third kappa shape index (κ3) is 5.21. The maximum atomic E-state index is 13.9. The Hall–Kier alpha value is -2.64. The molecule has 2 aromatic rings. The minimum absolute atomic E-state index is 0.158. The molecule has 1 fully saturated rings. The van der Waals surface area contributed by atoms with Crippen molar-refractivity contribution in [2.24, 2.45) is 0 Å². The van der Waals surface area contributed by atoms with Crippen LogP contribution in [0.15, 0.2) is 48.5 Å². The number of anilines is 1. The normalized spacial score (nSPS) is 15.9. The fraction of sp³-hybridized carbons (Fsp3) is 0.381. The zero-order valence-electron chi connectivity index (χ0n) is 15.9. The van der Waals surface area contributed by atoms with Crippen LogP contribution in [0.1, 0.15) is 10.4 Å². The molecule has 6 nitrogen and oxygen atoms in total. The van der Waals surface area contributed by atoms with Gasteiger partial charge in [0.2, 0.25) is 0 Å². The molecule has 3 rings (SSSR count). The SMILES string of the molecule is COC(=O)c1ccc(OCC(O)CN2CCN(c3ccccc3F)CC2)cc1. The number of β-amino-alcohol motifs (C(OH)–C–C–N with tert-alkyl or cyclic N) is 1. The van der Waals surface area contributed by atoms with E-state index in [1.807, 2.05) is 11.0 Å². The van der Waals surface area contributed by atoms with Gasteiger partial charge in [-0.2, -0.15) is 0 Å². The molecule has 28 heavy (non-hydrogen) atoms. The minimum atomic E-state index is -0.639. The third-order valence-corrected chi connectivity index (χ3v) is 4.75. The highest BCUT2D eigenvalue weighted by Gasteiger charge is 2.21. The predicted molar refractivity (Wildman–Crippen MR) is 104 cm³/mol. The highest BCUT2D eigenvalue weighted by atomic mass is 19.1. The van der Waals surface area contributed by atoms with Crippen molar-refractivity contribution in [3.05, 3.63) is 59.9 Å². The molecule has 0 aromatic heterocycles. The number of halogens is 1. The molecule has 150 valence electrons. The van der Waals surface area contributed by atoms with Crippen LogP contribution in [0.2, 0.25) is 0 Å². The molecule has 0 aliphatic carbocycles. The van der Waals surface area contributed by atoms with Crippen molar-refractivity contribution in [1.29, 1.82) is 0 Å². The van der Waals surface area contributed by atoms with Crippen molar-refractivity contribution >= 4 is 11.7 Å². The topological polar surface area (TPSA) is 62.2 Å². The van der Waals surface area contributed by atoms with Crippen LogP contribution in [0.25, 0.3) is 0 Å². The van der Waals surface area contributed by atoms with E-state index in [0.717, 1.165) is 13.1 Å². The number of hydrogen-bond acceptors (Lipinski definition) is 6. The van der Waals surface area contributed by atoms with E-state index in [9.17, 15) is 14.3 Å². The number of aliphatic hydroxyl groups excluding tert-OH is 1. The number of hydrogen-bond donors (Lipinski definition) is 1. The van der Waals surface area contributed by atoms with Gasteiger partial charge >= 0.3 is 5.97 Å². The van der Waals surface area contributed by atoms with Crippen molar-refractivity contribution in [3.63, 3.8) is 0 Å². The van der Waals surface area contributed by atoms with E-state index >= 15 is 0 Å². The fourth-order valence-corrected chi connectivity index (χ4v) is 3.23. The summed E-state index contributed by atoms with van der Waals surface area (Å²) in [6.07, 6.45) is -0.639. The van der Waals surface area contributed by atoms with Crippen LogP contribution in [0, 0.1) is 5.82 Å². The number of benzene rings is 2. The van der Waals surface area contributed by atoms with E-state index in [0.29, 0.717) is 36.6 Å². The first-order valence-corrected chi connectivity index (χ1v) is 9.28. The smallest absolute Gasteiger partial charge is 0.337 e. The summed E-state index contributed by atoms with van der Waals surface area (Å²) in [6, 6.07) is 13.4.